The molecule has 0 aliphatic rings. The molecule has 0 bridgehead atoms. The Morgan fingerprint density at radius 2 is 1.83 bits per heavy atom. The summed E-state index contributed by atoms with van der Waals surface area (Å²) in [5, 5.41) is 0. The summed E-state index contributed by atoms with van der Waals surface area (Å²) in [6.45, 7) is 4.96. The van der Waals surface area contributed by atoms with Gasteiger partial charge in [-0.25, -0.2) is 8.42 Å². The average molecular weight is 423 g/mol. The van der Waals surface area contributed by atoms with Crippen molar-refractivity contribution in [3.8, 4) is 0 Å². The number of likely N-dealkylation sites (N-methyl/N-ethyl adjacent to an activating group) is 1. The first-order chi connectivity index (χ1) is 13.6. The van der Waals surface area contributed by atoms with Gasteiger partial charge < -0.3 is 14.1 Å². The van der Waals surface area contributed by atoms with E-state index in [4.69, 9.17) is 9.15 Å². The van der Waals surface area contributed by atoms with E-state index < -0.39 is 34.5 Å². The number of nitrogens with zero attached hydrogens (tertiary/aromatic N) is 1. The largest absolute Gasteiger partial charge is 0.467 e. The van der Waals surface area contributed by atoms with Gasteiger partial charge in [0.25, 0.3) is 5.91 Å². The molecule has 1 heterocycles. The first-order valence-corrected chi connectivity index (χ1v) is 10.6. The molecule has 0 spiro atoms. The maximum Gasteiger partial charge on any atom is 0.324 e. The van der Waals surface area contributed by atoms with E-state index >= 15 is 0 Å². The maximum absolute atomic E-state index is 12.6. The smallest absolute Gasteiger partial charge is 0.324 e. The minimum Gasteiger partial charge on any atom is -0.467 e. The normalized spacial score (nSPS) is 12.6. The van der Waals surface area contributed by atoms with Gasteiger partial charge in [-0.1, -0.05) is 31.5 Å². The highest BCUT2D eigenvalue weighted by atomic mass is 32.2. The van der Waals surface area contributed by atoms with Gasteiger partial charge in [-0.2, -0.15) is 4.72 Å². The Morgan fingerprint density at radius 3 is 2.38 bits per heavy atom. The molecule has 2 rings (SSSR count). The zero-order valence-corrected chi connectivity index (χ0v) is 17.7. The highest BCUT2D eigenvalue weighted by Crippen LogP contribution is 2.14. The summed E-state index contributed by atoms with van der Waals surface area (Å²) in [5.41, 5.74) is 0.918. The van der Waals surface area contributed by atoms with E-state index in [1.54, 1.807) is 45.2 Å². The van der Waals surface area contributed by atoms with Gasteiger partial charge in [0, 0.05) is 7.05 Å². The lowest BCUT2D eigenvalue weighted by atomic mass is 10.1. The van der Waals surface area contributed by atoms with Crippen LogP contribution in [0, 0.1) is 12.8 Å². The second-order valence-electron chi connectivity index (χ2n) is 7.09. The van der Waals surface area contributed by atoms with Crippen LogP contribution in [0.3, 0.4) is 0 Å². The molecule has 8 nitrogen and oxygen atoms in total. The van der Waals surface area contributed by atoms with Gasteiger partial charge >= 0.3 is 5.97 Å². The lowest BCUT2D eigenvalue weighted by Crippen LogP contribution is -2.46. The molecule has 0 fully saturated rings. The van der Waals surface area contributed by atoms with E-state index in [1.807, 2.05) is 6.92 Å². The molecule has 1 amide bonds. The van der Waals surface area contributed by atoms with E-state index in [-0.39, 0.29) is 17.4 Å². The van der Waals surface area contributed by atoms with E-state index in [1.165, 1.54) is 23.3 Å². The third-order valence-corrected chi connectivity index (χ3v) is 5.73. The molecular weight excluding hydrogens is 396 g/mol. The number of rotatable bonds is 9. The predicted octanol–water partition coefficient (Wildman–Crippen LogP) is 2.09. The molecule has 0 saturated carbocycles. The number of carbonyl (C=O) groups excluding carboxylic acids is 2. The van der Waals surface area contributed by atoms with Gasteiger partial charge in [-0.05, 0) is 37.1 Å². The van der Waals surface area contributed by atoms with Gasteiger partial charge in [0.1, 0.15) is 11.8 Å². The molecule has 1 atom stereocenters. The van der Waals surface area contributed by atoms with Crippen LogP contribution in [0.1, 0.15) is 25.2 Å². The molecule has 1 N–H and O–H groups in total. The highest BCUT2D eigenvalue weighted by molar-refractivity contribution is 7.89. The fourth-order valence-electron chi connectivity index (χ4n) is 2.47. The van der Waals surface area contributed by atoms with Crippen molar-refractivity contribution >= 4 is 21.9 Å². The molecule has 29 heavy (non-hydrogen) atoms. The van der Waals surface area contributed by atoms with Crippen molar-refractivity contribution in [2.45, 2.75) is 38.3 Å². The first kappa shape index (κ1) is 22.6. The molecule has 0 aliphatic heterocycles. The Hall–Kier alpha value is -2.65. The van der Waals surface area contributed by atoms with Crippen LogP contribution in [0.5, 0.6) is 0 Å². The van der Waals surface area contributed by atoms with Crippen molar-refractivity contribution in [2.24, 2.45) is 5.92 Å². The third-order valence-electron chi connectivity index (χ3n) is 4.27. The standard InChI is InChI=1S/C20H26N2O6S/c1-14(2)19(21-29(25,26)17-9-7-15(3)8-10-17)20(24)28-13-18(23)22(4)12-16-6-5-11-27-16/h5-11,14,19,21H,12-13H2,1-4H3/t19-/m0/s1. The van der Waals surface area contributed by atoms with Crippen molar-refractivity contribution < 1.29 is 27.2 Å². The van der Waals surface area contributed by atoms with Crippen molar-refractivity contribution in [3.63, 3.8) is 0 Å². The molecule has 0 radical (unpaired) electrons. The number of benzene rings is 1. The number of aryl methyl sites for hydroxylation is 1. The van der Waals surface area contributed by atoms with Crippen LogP contribution < -0.4 is 4.72 Å². The molecule has 1 aromatic heterocycles. The lowest BCUT2D eigenvalue weighted by molar-refractivity contribution is -0.154. The number of esters is 1. The number of sulfonamides is 1. The molecule has 0 unspecified atom stereocenters. The van der Waals surface area contributed by atoms with Crippen LogP contribution in [-0.4, -0.2) is 44.9 Å². The topological polar surface area (TPSA) is 106 Å². The van der Waals surface area contributed by atoms with Gasteiger partial charge in [0.15, 0.2) is 6.61 Å². The monoisotopic (exact) mass is 422 g/mol. The van der Waals surface area contributed by atoms with Crippen LogP contribution >= 0.6 is 0 Å². The summed E-state index contributed by atoms with van der Waals surface area (Å²) in [6, 6.07) is 8.59. The van der Waals surface area contributed by atoms with Gasteiger partial charge in [0.05, 0.1) is 17.7 Å². The van der Waals surface area contributed by atoms with Crippen LogP contribution in [0.4, 0.5) is 0 Å². The Kier molecular flexibility index (Phi) is 7.58. The summed E-state index contributed by atoms with van der Waals surface area (Å²) < 4.78 is 37.8. The van der Waals surface area contributed by atoms with Crippen LogP contribution in [0.15, 0.2) is 52.0 Å². The highest BCUT2D eigenvalue weighted by Gasteiger charge is 2.30. The zero-order chi connectivity index (χ0) is 21.6. The number of carbonyl (C=O) groups is 2. The molecule has 0 aliphatic carbocycles. The van der Waals surface area contributed by atoms with Gasteiger partial charge in [0.2, 0.25) is 10.0 Å². The minimum atomic E-state index is -3.91. The lowest BCUT2D eigenvalue weighted by Gasteiger charge is -2.22. The molecule has 158 valence electrons. The second kappa shape index (κ2) is 9.71. The predicted molar refractivity (Wildman–Crippen MR) is 106 cm³/mol. The molecule has 1 aromatic carbocycles. The van der Waals surface area contributed by atoms with Crippen LogP contribution in [0.2, 0.25) is 0 Å². The number of hydrogen-bond acceptors (Lipinski definition) is 6. The number of ether oxygens (including phenoxy) is 1. The van der Waals surface area contributed by atoms with E-state index in [2.05, 4.69) is 4.72 Å². The fourth-order valence-corrected chi connectivity index (χ4v) is 3.80. The summed E-state index contributed by atoms with van der Waals surface area (Å²) in [6.07, 6.45) is 1.50. The Bertz CT molecular complexity index is 920. The number of nitrogens with one attached hydrogen (secondary N) is 1. The Labute approximate surface area is 170 Å². The quantitative estimate of drug-likeness (QED) is 0.621. The van der Waals surface area contributed by atoms with E-state index in [9.17, 15) is 18.0 Å². The van der Waals surface area contributed by atoms with Crippen LogP contribution in [0.25, 0.3) is 0 Å². The first-order valence-electron chi connectivity index (χ1n) is 9.12. The Balaban J connectivity index is 1.98. The maximum atomic E-state index is 12.6. The SMILES string of the molecule is Cc1ccc(S(=O)(=O)N[C@H](C(=O)OCC(=O)N(C)Cc2ccco2)C(C)C)cc1. The molecule has 0 saturated heterocycles. The number of furan rings is 1. The summed E-state index contributed by atoms with van der Waals surface area (Å²) in [7, 11) is -2.36. The molecule has 2 aromatic rings. The van der Waals surface area contributed by atoms with Gasteiger partial charge in [-0.3, -0.25) is 9.59 Å². The molecular formula is C20H26N2O6S. The second-order valence-corrected chi connectivity index (χ2v) is 8.81. The third kappa shape index (κ3) is 6.43. The average Bonchev–Trinajstić information content (AvgIpc) is 3.17. The van der Waals surface area contributed by atoms with Crippen molar-refractivity contribution in [2.75, 3.05) is 13.7 Å². The zero-order valence-electron chi connectivity index (χ0n) is 16.9. The fraction of sp³-hybridized carbons (Fsp3) is 0.400. The minimum absolute atomic E-state index is 0.0517. The van der Waals surface area contributed by atoms with E-state index in [0.717, 1.165) is 5.56 Å². The summed E-state index contributed by atoms with van der Waals surface area (Å²) in [4.78, 5) is 26.0. The summed E-state index contributed by atoms with van der Waals surface area (Å²) >= 11 is 0. The van der Waals surface area contributed by atoms with Crippen LogP contribution in [-0.2, 0) is 30.9 Å². The van der Waals surface area contributed by atoms with Crippen molar-refractivity contribution in [1.29, 1.82) is 0 Å². The van der Waals surface area contributed by atoms with Crippen molar-refractivity contribution in [3.05, 3.63) is 54.0 Å². The Morgan fingerprint density at radius 1 is 1.17 bits per heavy atom. The van der Waals surface area contributed by atoms with Gasteiger partial charge in [-0.15, -0.1) is 0 Å². The number of hydrogen-bond donors (Lipinski definition) is 1. The summed E-state index contributed by atoms with van der Waals surface area (Å²) in [5.74, 6) is -1.02. The molecule has 9 heteroatoms. The van der Waals surface area contributed by atoms with E-state index in [0.29, 0.717) is 5.76 Å². The van der Waals surface area contributed by atoms with Crippen molar-refractivity contribution in [1.82, 2.24) is 9.62 Å². The number of amides is 1.